The van der Waals surface area contributed by atoms with Gasteiger partial charge in [0.2, 0.25) is 5.88 Å². The zero-order valence-corrected chi connectivity index (χ0v) is 16.0. The van der Waals surface area contributed by atoms with Crippen molar-refractivity contribution in [3.8, 4) is 28.8 Å². The van der Waals surface area contributed by atoms with Gasteiger partial charge in [0, 0.05) is 12.0 Å². The molecule has 3 nitrogen and oxygen atoms in total. The summed E-state index contributed by atoms with van der Waals surface area (Å²) in [4.78, 5) is 8.88. The third-order valence-corrected chi connectivity index (χ3v) is 4.22. The average molecular weight is 374 g/mol. The van der Waals surface area contributed by atoms with Crippen molar-refractivity contribution >= 4 is 11.0 Å². The number of halogens is 1. The van der Waals surface area contributed by atoms with Crippen LogP contribution in [-0.4, -0.2) is 22.7 Å². The third kappa shape index (κ3) is 5.40. The van der Waals surface area contributed by atoms with Crippen molar-refractivity contribution in [1.29, 1.82) is 0 Å². The Labute approximate surface area is 165 Å². The molecule has 0 aliphatic heterocycles. The van der Waals surface area contributed by atoms with Gasteiger partial charge in [0.15, 0.2) is 0 Å². The summed E-state index contributed by atoms with van der Waals surface area (Å²) in [6, 6.07) is 14.1. The predicted molar refractivity (Wildman–Crippen MR) is 112 cm³/mol. The summed E-state index contributed by atoms with van der Waals surface area (Å²) in [6.45, 7) is 5.61. The van der Waals surface area contributed by atoms with E-state index in [4.69, 9.17) is 4.74 Å². The number of rotatable bonds is 7. The predicted octanol–water partition coefficient (Wildman–Crippen LogP) is 5.74. The molecule has 0 saturated heterocycles. The van der Waals surface area contributed by atoms with Crippen molar-refractivity contribution in [2.24, 2.45) is 0 Å². The Kier molecular flexibility index (Phi) is 6.75. The van der Waals surface area contributed by atoms with Gasteiger partial charge in [-0.05, 0) is 55.2 Å². The number of alkyl halides is 1. The Hall–Kier alpha value is -3.19. The molecule has 1 unspecified atom stereocenters. The lowest BCUT2D eigenvalue weighted by molar-refractivity contribution is 0.336. The van der Waals surface area contributed by atoms with E-state index < -0.39 is 6.17 Å². The fourth-order valence-corrected chi connectivity index (χ4v) is 2.77. The van der Waals surface area contributed by atoms with Gasteiger partial charge in [0.1, 0.15) is 6.61 Å². The van der Waals surface area contributed by atoms with Crippen LogP contribution in [0.15, 0.2) is 61.3 Å². The van der Waals surface area contributed by atoms with Gasteiger partial charge >= 0.3 is 0 Å². The van der Waals surface area contributed by atoms with E-state index >= 15 is 0 Å². The molecular formula is C24H23FN2O. The van der Waals surface area contributed by atoms with Crippen LogP contribution in [0.4, 0.5) is 4.39 Å². The topological polar surface area (TPSA) is 35.0 Å². The van der Waals surface area contributed by atoms with E-state index in [0.29, 0.717) is 18.9 Å². The van der Waals surface area contributed by atoms with Crippen LogP contribution in [0.2, 0.25) is 0 Å². The van der Waals surface area contributed by atoms with Crippen molar-refractivity contribution in [3.63, 3.8) is 0 Å². The number of benzene rings is 2. The molecule has 0 spiro atoms. The number of hydrogen-bond donors (Lipinski definition) is 0. The first kappa shape index (κ1) is 19.6. The molecule has 142 valence electrons. The van der Waals surface area contributed by atoms with Crippen LogP contribution >= 0.6 is 0 Å². The number of hydrogen-bond acceptors (Lipinski definition) is 3. The molecule has 2 aromatic carbocycles. The minimum absolute atomic E-state index is 0.405. The lowest BCUT2D eigenvalue weighted by Gasteiger charge is -2.06. The van der Waals surface area contributed by atoms with Crippen LogP contribution in [0.5, 0.6) is 5.88 Å². The number of fused-ring (bicyclic) bond motifs is 1. The zero-order chi connectivity index (χ0) is 19.8. The molecule has 1 heterocycles. The normalized spacial score (nSPS) is 11.5. The second-order valence-corrected chi connectivity index (χ2v) is 6.56. The first-order valence-electron chi connectivity index (χ1n) is 9.39. The van der Waals surface area contributed by atoms with Gasteiger partial charge in [-0.1, -0.05) is 42.7 Å². The molecule has 0 bridgehead atoms. The minimum Gasteiger partial charge on any atom is -0.472 e. The van der Waals surface area contributed by atoms with Gasteiger partial charge in [-0.15, -0.1) is 0 Å². The summed E-state index contributed by atoms with van der Waals surface area (Å²) in [5.41, 5.74) is 4.72. The van der Waals surface area contributed by atoms with Gasteiger partial charge < -0.3 is 4.74 Å². The third-order valence-electron chi connectivity index (χ3n) is 4.22. The molecule has 0 aliphatic carbocycles. The Morgan fingerprint density at radius 3 is 2.68 bits per heavy atom. The number of ether oxygens (including phenoxy) is 1. The molecule has 1 atom stereocenters. The minimum atomic E-state index is -0.751. The molecule has 1 aromatic heterocycles. The van der Waals surface area contributed by atoms with Gasteiger partial charge in [0.25, 0.3) is 0 Å². The maximum atomic E-state index is 12.8. The standard InChI is InChI=1S/C24H23FN2O/c1-3-15-28-24-17-26-23-16-21(13-14-22(23)27-24)20-11-9-19(10-12-20)8-6-4-5-7-18(2)25/h3,9-14,16-18H,1,4-5,7,15H2,2H3. The maximum absolute atomic E-state index is 12.8. The molecule has 0 radical (unpaired) electrons. The summed E-state index contributed by atoms with van der Waals surface area (Å²) in [7, 11) is 0. The van der Waals surface area contributed by atoms with Crippen LogP contribution in [0.3, 0.4) is 0 Å². The second-order valence-electron chi connectivity index (χ2n) is 6.56. The van der Waals surface area contributed by atoms with Crippen molar-refractivity contribution in [2.45, 2.75) is 32.4 Å². The smallest absolute Gasteiger partial charge is 0.233 e. The quantitative estimate of drug-likeness (QED) is 0.300. The first-order valence-corrected chi connectivity index (χ1v) is 9.39. The summed E-state index contributed by atoms with van der Waals surface area (Å²) in [6.07, 6.45) is 4.63. The second kappa shape index (κ2) is 9.66. The summed E-state index contributed by atoms with van der Waals surface area (Å²) < 4.78 is 18.2. The highest BCUT2D eigenvalue weighted by Crippen LogP contribution is 2.24. The van der Waals surface area contributed by atoms with Crippen LogP contribution in [-0.2, 0) is 0 Å². The highest BCUT2D eigenvalue weighted by atomic mass is 19.1. The Morgan fingerprint density at radius 1 is 1.14 bits per heavy atom. The molecule has 0 aliphatic rings. The molecule has 4 heteroatoms. The molecule has 0 N–H and O–H groups in total. The fraction of sp³-hybridized carbons (Fsp3) is 0.250. The lowest BCUT2D eigenvalue weighted by atomic mass is 10.0. The molecular weight excluding hydrogens is 351 g/mol. The molecule has 28 heavy (non-hydrogen) atoms. The van der Waals surface area contributed by atoms with Crippen molar-refractivity contribution < 1.29 is 9.13 Å². The highest BCUT2D eigenvalue weighted by molar-refractivity contribution is 5.81. The van der Waals surface area contributed by atoms with Crippen LogP contribution < -0.4 is 4.74 Å². The van der Waals surface area contributed by atoms with E-state index in [2.05, 4.69) is 28.4 Å². The monoisotopic (exact) mass is 374 g/mol. The fourth-order valence-electron chi connectivity index (χ4n) is 2.77. The maximum Gasteiger partial charge on any atom is 0.233 e. The van der Waals surface area contributed by atoms with E-state index in [0.717, 1.165) is 40.6 Å². The zero-order valence-electron chi connectivity index (χ0n) is 16.0. The largest absolute Gasteiger partial charge is 0.472 e. The summed E-state index contributed by atoms with van der Waals surface area (Å²) in [5, 5.41) is 0. The van der Waals surface area contributed by atoms with Crippen LogP contribution in [0, 0.1) is 11.8 Å². The Balaban J connectivity index is 1.70. The average Bonchev–Trinajstić information content (AvgIpc) is 2.71. The molecule has 0 amide bonds. The van der Waals surface area contributed by atoms with E-state index in [9.17, 15) is 4.39 Å². The van der Waals surface area contributed by atoms with Crippen LogP contribution in [0.1, 0.15) is 31.7 Å². The summed E-state index contributed by atoms with van der Waals surface area (Å²) >= 11 is 0. The lowest BCUT2D eigenvalue weighted by Crippen LogP contribution is -1.96. The van der Waals surface area contributed by atoms with E-state index in [-0.39, 0.29) is 0 Å². The molecule has 3 aromatic rings. The van der Waals surface area contributed by atoms with E-state index in [1.54, 1.807) is 19.2 Å². The number of unbranched alkanes of at least 4 members (excludes halogenated alkanes) is 1. The van der Waals surface area contributed by atoms with Crippen LogP contribution in [0.25, 0.3) is 22.2 Å². The SMILES string of the molecule is C=CCOc1cnc2cc(-c3ccc(C#CCCCC(C)F)cc3)ccc2n1. The number of nitrogens with zero attached hydrogens (tertiary/aromatic N) is 2. The van der Waals surface area contributed by atoms with E-state index in [1.165, 1.54) is 0 Å². The summed E-state index contributed by atoms with van der Waals surface area (Å²) in [5.74, 6) is 6.73. The molecule has 0 saturated carbocycles. The van der Waals surface area contributed by atoms with Crippen molar-refractivity contribution in [3.05, 3.63) is 66.9 Å². The molecule has 0 fully saturated rings. The van der Waals surface area contributed by atoms with Gasteiger partial charge in [-0.25, -0.2) is 14.4 Å². The van der Waals surface area contributed by atoms with Gasteiger partial charge in [-0.3, -0.25) is 0 Å². The van der Waals surface area contributed by atoms with E-state index in [1.807, 2.05) is 42.5 Å². The Morgan fingerprint density at radius 2 is 1.93 bits per heavy atom. The number of aromatic nitrogens is 2. The highest BCUT2D eigenvalue weighted by Gasteiger charge is 2.04. The first-order chi connectivity index (χ1) is 13.7. The van der Waals surface area contributed by atoms with Gasteiger partial charge in [0.05, 0.1) is 23.4 Å². The Bertz CT molecular complexity index is 1000. The van der Waals surface area contributed by atoms with Gasteiger partial charge in [-0.2, -0.15) is 0 Å². The van der Waals surface area contributed by atoms with Crippen molar-refractivity contribution in [2.75, 3.05) is 6.61 Å². The molecule has 3 rings (SSSR count). The van der Waals surface area contributed by atoms with Crippen molar-refractivity contribution in [1.82, 2.24) is 9.97 Å².